The second-order valence-corrected chi connectivity index (χ2v) is 5.00. The second-order valence-electron chi connectivity index (χ2n) is 5.00. The highest BCUT2D eigenvalue weighted by atomic mass is 16.5. The van der Waals surface area contributed by atoms with E-state index in [4.69, 9.17) is 10.00 Å². The zero-order chi connectivity index (χ0) is 16.2. The van der Waals surface area contributed by atoms with Crippen LogP contribution < -0.4 is 4.74 Å². The third kappa shape index (κ3) is 2.83. The number of nitriles is 1. The molecule has 0 bridgehead atoms. The first-order chi connectivity index (χ1) is 11.2. The van der Waals surface area contributed by atoms with Crippen molar-refractivity contribution in [3.63, 3.8) is 0 Å². The van der Waals surface area contributed by atoms with Gasteiger partial charge in [0.2, 0.25) is 0 Å². The van der Waals surface area contributed by atoms with Gasteiger partial charge in [-0.2, -0.15) is 5.26 Å². The Balaban J connectivity index is 2.12. The minimum absolute atomic E-state index is 0.224. The standard InChI is InChI=1S/C20H13NO2/c1-14(13-21)20(22)23-19-12-5-4-10-18(19)17-11-6-8-15-7-2-3-9-16(15)17/h2-12H,1H2. The van der Waals surface area contributed by atoms with Crippen molar-refractivity contribution in [1.82, 2.24) is 0 Å². The number of carbonyl (C=O) groups is 1. The van der Waals surface area contributed by atoms with E-state index in [0.717, 1.165) is 21.9 Å². The molecule has 23 heavy (non-hydrogen) atoms. The van der Waals surface area contributed by atoms with Crippen LogP contribution in [0.2, 0.25) is 0 Å². The van der Waals surface area contributed by atoms with Gasteiger partial charge in [0.05, 0.1) is 0 Å². The van der Waals surface area contributed by atoms with Gasteiger partial charge < -0.3 is 4.74 Å². The molecule has 0 saturated heterocycles. The molecule has 0 aliphatic rings. The van der Waals surface area contributed by atoms with Gasteiger partial charge in [0.25, 0.3) is 0 Å². The Morgan fingerprint density at radius 3 is 2.39 bits per heavy atom. The third-order valence-electron chi connectivity index (χ3n) is 3.55. The number of fused-ring (bicyclic) bond motifs is 1. The second kappa shape index (κ2) is 6.17. The first kappa shape index (κ1) is 14.6. The van der Waals surface area contributed by atoms with Crippen LogP contribution in [0, 0.1) is 11.3 Å². The largest absolute Gasteiger partial charge is 0.422 e. The SMILES string of the molecule is C=C(C#N)C(=O)Oc1ccccc1-c1cccc2ccccc12. The normalized spacial score (nSPS) is 10.0. The van der Waals surface area contributed by atoms with Crippen LogP contribution in [0.4, 0.5) is 0 Å². The van der Waals surface area contributed by atoms with Gasteiger partial charge in [-0.15, -0.1) is 0 Å². The van der Waals surface area contributed by atoms with Gasteiger partial charge in [-0.05, 0) is 22.4 Å². The molecule has 0 aliphatic heterocycles. The van der Waals surface area contributed by atoms with Crippen LogP contribution in [0.3, 0.4) is 0 Å². The molecular formula is C20H13NO2. The Kier molecular flexibility index (Phi) is 3.90. The van der Waals surface area contributed by atoms with Gasteiger partial charge in [0.1, 0.15) is 17.4 Å². The summed E-state index contributed by atoms with van der Waals surface area (Å²) in [5.41, 5.74) is 1.54. The van der Waals surface area contributed by atoms with Gasteiger partial charge >= 0.3 is 5.97 Å². The minimum atomic E-state index is -0.736. The summed E-state index contributed by atoms with van der Waals surface area (Å²) in [4.78, 5) is 11.8. The number of ether oxygens (including phenoxy) is 1. The predicted molar refractivity (Wildman–Crippen MR) is 89.8 cm³/mol. The Bertz CT molecular complexity index is 946. The van der Waals surface area contributed by atoms with E-state index in [2.05, 4.69) is 6.58 Å². The Labute approximate surface area is 134 Å². The number of esters is 1. The Morgan fingerprint density at radius 1 is 0.913 bits per heavy atom. The summed E-state index contributed by atoms with van der Waals surface area (Å²) in [5, 5.41) is 10.9. The fraction of sp³-hybridized carbons (Fsp3) is 0. The Morgan fingerprint density at radius 2 is 1.57 bits per heavy atom. The van der Waals surface area contributed by atoms with E-state index in [0.29, 0.717) is 5.75 Å². The maximum atomic E-state index is 11.8. The molecule has 3 heteroatoms. The van der Waals surface area contributed by atoms with E-state index < -0.39 is 5.97 Å². The van der Waals surface area contributed by atoms with Gasteiger partial charge in [-0.3, -0.25) is 0 Å². The highest BCUT2D eigenvalue weighted by Crippen LogP contribution is 2.35. The number of benzene rings is 3. The molecule has 0 atom stereocenters. The monoisotopic (exact) mass is 299 g/mol. The Hall–Kier alpha value is -3.38. The molecule has 3 rings (SSSR count). The smallest absolute Gasteiger partial charge is 0.353 e. The number of rotatable bonds is 3. The van der Waals surface area contributed by atoms with Gasteiger partial charge in [0, 0.05) is 5.56 Å². The van der Waals surface area contributed by atoms with Crippen LogP contribution in [0.1, 0.15) is 0 Å². The number of para-hydroxylation sites is 1. The predicted octanol–water partition coefficient (Wildman–Crippen LogP) is 4.49. The highest BCUT2D eigenvalue weighted by Gasteiger charge is 2.14. The molecule has 0 spiro atoms. The van der Waals surface area contributed by atoms with Crippen LogP contribution in [0.15, 0.2) is 78.9 Å². The summed E-state index contributed by atoms with van der Waals surface area (Å²) in [7, 11) is 0. The molecule has 110 valence electrons. The average molecular weight is 299 g/mol. The summed E-state index contributed by atoms with van der Waals surface area (Å²) >= 11 is 0. The number of nitrogens with zero attached hydrogens (tertiary/aromatic N) is 1. The molecule has 3 aromatic carbocycles. The van der Waals surface area contributed by atoms with Gasteiger partial charge in [0.15, 0.2) is 0 Å². The van der Waals surface area contributed by atoms with Crippen molar-refractivity contribution >= 4 is 16.7 Å². The zero-order valence-corrected chi connectivity index (χ0v) is 12.3. The van der Waals surface area contributed by atoms with E-state index >= 15 is 0 Å². The molecule has 0 fully saturated rings. The summed E-state index contributed by atoms with van der Waals surface area (Å²) < 4.78 is 5.34. The van der Waals surface area contributed by atoms with Crippen molar-refractivity contribution in [3.8, 4) is 22.9 Å². The third-order valence-corrected chi connectivity index (χ3v) is 3.55. The summed E-state index contributed by atoms with van der Waals surface area (Å²) in [6, 6.07) is 23.0. The first-order valence-corrected chi connectivity index (χ1v) is 7.09. The summed E-state index contributed by atoms with van der Waals surface area (Å²) in [6.07, 6.45) is 0. The summed E-state index contributed by atoms with van der Waals surface area (Å²) in [5.74, 6) is -0.328. The van der Waals surface area contributed by atoms with Crippen molar-refractivity contribution in [3.05, 3.63) is 78.9 Å². The molecule has 0 amide bonds. The number of hydrogen-bond donors (Lipinski definition) is 0. The molecule has 0 N–H and O–H groups in total. The van der Waals surface area contributed by atoms with Crippen molar-refractivity contribution in [2.75, 3.05) is 0 Å². The van der Waals surface area contributed by atoms with Gasteiger partial charge in [-0.1, -0.05) is 67.2 Å². The molecule has 0 heterocycles. The lowest BCUT2D eigenvalue weighted by molar-refractivity contribution is -0.129. The summed E-state index contributed by atoms with van der Waals surface area (Å²) in [6.45, 7) is 3.39. The number of hydrogen-bond acceptors (Lipinski definition) is 3. The average Bonchev–Trinajstić information content (AvgIpc) is 2.61. The van der Waals surface area contributed by atoms with Crippen LogP contribution in [0.25, 0.3) is 21.9 Å². The number of carbonyl (C=O) groups excluding carboxylic acids is 1. The lowest BCUT2D eigenvalue weighted by Gasteiger charge is -2.12. The molecule has 0 radical (unpaired) electrons. The molecule has 0 aliphatic carbocycles. The topological polar surface area (TPSA) is 50.1 Å². The lowest BCUT2D eigenvalue weighted by Crippen LogP contribution is -2.09. The van der Waals surface area contributed by atoms with Crippen LogP contribution in [0.5, 0.6) is 5.75 Å². The van der Waals surface area contributed by atoms with E-state index in [1.807, 2.05) is 54.6 Å². The zero-order valence-electron chi connectivity index (χ0n) is 12.3. The van der Waals surface area contributed by atoms with Crippen molar-refractivity contribution in [1.29, 1.82) is 5.26 Å². The van der Waals surface area contributed by atoms with Crippen LogP contribution >= 0.6 is 0 Å². The van der Waals surface area contributed by atoms with Crippen molar-refractivity contribution in [2.45, 2.75) is 0 Å². The lowest BCUT2D eigenvalue weighted by atomic mass is 9.98. The van der Waals surface area contributed by atoms with Crippen LogP contribution in [-0.4, -0.2) is 5.97 Å². The molecule has 0 saturated carbocycles. The van der Waals surface area contributed by atoms with E-state index in [1.54, 1.807) is 18.2 Å². The molecule has 0 aromatic heterocycles. The van der Waals surface area contributed by atoms with E-state index in [-0.39, 0.29) is 5.57 Å². The quantitative estimate of drug-likeness (QED) is 0.310. The minimum Gasteiger partial charge on any atom is -0.422 e. The molecule has 0 unspecified atom stereocenters. The van der Waals surface area contributed by atoms with Crippen LogP contribution in [-0.2, 0) is 4.79 Å². The first-order valence-electron chi connectivity index (χ1n) is 7.09. The van der Waals surface area contributed by atoms with Crippen molar-refractivity contribution in [2.24, 2.45) is 0 Å². The van der Waals surface area contributed by atoms with Gasteiger partial charge in [-0.25, -0.2) is 4.79 Å². The maximum absolute atomic E-state index is 11.8. The van der Waals surface area contributed by atoms with E-state index in [1.165, 1.54) is 0 Å². The molecule has 3 nitrogen and oxygen atoms in total. The highest BCUT2D eigenvalue weighted by molar-refractivity contribution is 5.99. The maximum Gasteiger partial charge on any atom is 0.353 e. The van der Waals surface area contributed by atoms with Crippen molar-refractivity contribution < 1.29 is 9.53 Å². The molecular weight excluding hydrogens is 286 g/mol. The fourth-order valence-corrected chi connectivity index (χ4v) is 2.45. The molecule has 3 aromatic rings. The fourth-order valence-electron chi connectivity index (χ4n) is 2.45. The van der Waals surface area contributed by atoms with E-state index in [9.17, 15) is 4.79 Å².